The second-order valence-electron chi connectivity index (χ2n) is 5.67. The zero-order valence-corrected chi connectivity index (χ0v) is 15.1. The highest BCUT2D eigenvalue weighted by Crippen LogP contribution is 2.17. The molecule has 0 radical (unpaired) electrons. The Balaban J connectivity index is 1.74. The van der Waals surface area contributed by atoms with E-state index in [4.69, 9.17) is 11.6 Å². The smallest absolute Gasteiger partial charge is 0.261 e. The van der Waals surface area contributed by atoms with Crippen LogP contribution in [-0.4, -0.2) is 30.5 Å². The van der Waals surface area contributed by atoms with Gasteiger partial charge in [-0.2, -0.15) is 5.10 Å². The molecule has 8 heteroatoms. The summed E-state index contributed by atoms with van der Waals surface area (Å²) in [6.45, 7) is 6.87. The number of hydrogen-bond acceptors (Lipinski definition) is 4. The summed E-state index contributed by atoms with van der Waals surface area (Å²) in [5.74, 6) is -0.00899. The lowest BCUT2D eigenvalue weighted by Crippen LogP contribution is -2.15. The fourth-order valence-electron chi connectivity index (χ4n) is 2.73. The van der Waals surface area contributed by atoms with Crippen molar-refractivity contribution < 1.29 is 4.79 Å². The van der Waals surface area contributed by atoms with Crippen LogP contribution in [0.25, 0.3) is 0 Å². The first-order chi connectivity index (χ1) is 12.0. The normalized spacial score (nSPS) is 10.9. The topological polar surface area (TPSA) is 77.6 Å². The molecular formula is C17H19ClN6O. The van der Waals surface area contributed by atoms with E-state index in [2.05, 4.69) is 20.5 Å². The van der Waals surface area contributed by atoms with Gasteiger partial charge in [0, 0.05) is 17.3 Å². The van der Waals surface area contributed by atoms with Gasteiger partial charge >= 0.3 is 0 Å². The maximum atomic E-state index is 12.5. The molecule has 1 aromatic carbocycles. The van der Waals surface area contributed by atoms with Crippen LogP contribution >= 0.6 is 11.6 Å². The summed E-state index contributed by atoms with van der Waals surface area (Å²) in [5.41, 5.74) is 3.01. The van der Waals surface area contributed by atoms with Crippen molar-refractivity contribution in [1.82, 2.24) is 24.5 Å². The number of benzene rings is 1. The van der Waals surface area contributed by atoms with Crippen LogP contribution in [0.4, 0.5) is 5.95 Å². The van der Waals surface area contributed by atoms with Crippen LogP contribution in [0.2, 0.25) is 5.02 Å². The Morgan fingerprint density at radius 3 is 2.68 bits per heavy atom. The van der Waals surface area contributed by atoms with Crippen LogP contribution < -0.4 is 5.32 Å². The number of aryl methyl sites for hydroxylation is 2. The first kappa shape index (κ1) is 17.2. The SMILES string of the molecule is CCn1nc(C)c(C(=O)Nc2ncn(Cc3ccccc3Cl)n2)c1C. The molecule has 7 nitrogen and oxygen atoms in total. The fourth-order valence-corrected chi connectivity index (χ4v) is 2.92. The lowest BCUT2D eigenvalue weighted by atomic mass is 10.2. The molecule has 0 bridgehead atoms. The Morgan fingerprint density at radius 1 is 1.24 bits per heavy atom. The van der Waals surface area contributed by atoms with Crippen molar-refractivity contribution in [2.75, 3.05) is 5.32 Å². The number of halogens is 1. The molecule has 0 aliphatic carbocycles. The molecule has 0 aliphatic heterocycles. The molecule has 3 aromatic rings. The number of nitrogens with one attached hydrogen (secondary N) is 1. The molecule has 1 N–H and O–H groups in total. The second kappa shape index (κ2) is 7.06. The van der Waals surface area contributed by atoms with E-state index in [0.717, 1.165) is 11.3 Å². The summed E-state index contributed by atoms with van der Waals surface area (Å²) in [6, 6.07) is 7.54. The Morgan fingerprint density at radius 2 is 2.00 bits per heavy atom. The minimum absolute atomic E-state index is 0.250. The van der Waals surface area contributed by atoms with Crippen LogP contribution in [0.5, 0.6) is 0 Å². The van der Waals surface area contributed by atoms with Crippen LogP contribution in [0.15, 0.2) is 30.6 Å². The summed E-state index contributed by atoms with van der Waals surface area (Å²) in [7, 11) is 0. The largest absolute Gasteiger partial charge is 0.289 e. The average Bonchev–Trinajstić information content (AvgIpc) is 3.13. The Labute approximate surface area is 150 Å². The number of amides is 1. The van der Waals surface area contributed by atoms with Gasteiger partial charge in [0.15, 0.2) is 0 Å². The Kier molecular flexibility index (Phi) is 4.85. The first-order valence-electron chi connectivity index (χ1n) is 7.97. The molecule has 3 rings (SSSR count). The average molecular weight is 359 g/mol. The van der Waals surface area contributed by atoms with Gasteiger partial charge in [0.25, 0.3) is 5.91 Å². The van der Waals surface area contributed by atoms with Gasteiger partial charge in [-0.05, 0) is 32.4 Å². The van der Waals surface area contributed by atoms with E-state index in [1.807, 2.05) is 45.0 Å². The van der Waals surface area contributed by atoms with E-state index in [1.165, 1.54) is 0 Å². The monoisotopic (exact) mass is 358 g/mol. The highest BCUT2D eigenvalue weighted by Gasteiger charge is 2.19. The molecule has 0 unspecified atom stereocenters. The molecule has 130 valence electrons. The molecule has 0 atom stereocenters. The highest BCUT2D eigenvalue weighted by molar-refractivity contribution is 6.31. The van der Waals surface area contributed by atoms with Gasteiger partial charge in [-0.25, -0.2) is 9.67 Å². The van der Waals surface area contributed by atoms with Crippen LogP contribution in [0.1, 0.15) is 34.2 Å². The molecule has 2 heterocycles. The van der Waals surface area contributed by atoms with Crippen LogP contribution in [0.3, 0.4) is 0 Å². The third kappa shape index (κ3) is 3.56. The maximum absolute atomic E-state index is 12.5. The van der Waals surface area contributed by atoms with Crippen LogP contribution in [-0.2, 0) is 13.1 Å². The van der Waals surface area contributed by atoms with Crippen LogP contribution in [0, 0.1) is 13.8 Å². The van der Waals surface area contributed by atoms with Gasteiger partial charge in [0.1, 0.15) is 6.33 Å². The van der Waals surface area contributed by atoms with Crippen molar-refractivity contribution in [2.24, 2.45) is 0 Å². The van der Waals surface area contributed by atoms with E-state index in [9.17, 15) is 4.79 Å². The standard InChI is InChI=1S/C17H19ClN6O/c1-4-24-12(3)15(11(2)21-24)16(25)20-17-19-10-23(22-17)9-13-7-5-6-8-14(13)18/h5-8,10H,4,9H2,1-3H3,(H,20,22,25). The lowest BCUT2D eigenvalue weighted by Gasteiger charge is -2.04. The van der Waals surface area contributed by atoms with Crippen molar-refractivity contribution in [2.45, 2.75) is 33.9 Å². The molecular weight excluding hydrogens is 340 g/mol. The number of carbonyl (C=O) groups is 1. The van der Waals surface area contributed by atoms with E-state index in [1.54, 1.807) is 15.7 Å². The lowest BCUT2D eigenvalue weighted by molar-refractivity contribution is 0.102. The molecule has 0 fully saturated rings. The van der Waals surface area contributed by atoms with Gasteiger partial charge in [0.05, 0.1) is 17.8 Å². The van der Waals surface area contributed by atoms with E-state index in [0.29, 0.717) is 29.4 Å². The minimum atomic E-state index is -0.259. The summed E-state index contributed by atoms with van der Waals surface area (Å²) >= 11 is 6.16. The summed E-state index contributed by atoms with van der Waals surface area (Å²) in [5, 5.41) is 12.0. The van der Waals surface area contributed by atoms with Gasteiger partial charge in [-0.1, -0.05) is 29.8 Å². The Hall–Kier alpha value is -2.67. The van der Waals surface area contributed by atoms with Crippen molar-refractivity contribution in [3.05, 3.63) is 58.1 Å². The van der Waals surface area contributed by atoms with Crippen molar-refractivity contribution in [3.8, 4) is 0 Å². The summed E-state index contributed by atoms with van der Waals surface area (Å²) in [4.78, 5) is 16.7. The predicted molar refractivity (Wildman–Crippen MR) is 95.9 cm³/mol. The molecule has 2 aromatic heterocycles. The number of carbonyl (C=O) groups excluding carboxylic acids is 1. The zero-order chi connectivity index (χ0) is 18.0. The summed E-state index contributed by atoms with van der Waals surface area (Å²) in [6.07, 6.45) is 1.56. The van der Waals surface area contributed by atoms with E-state index >= 15 is 0 Å². The quantitative estimate of drug-likeness (QED) is 0.760. The molecule has 1 amide bonds. The maximum Gasteiger partial charge on any atom is 0.261 e. The number of hydrogen-bond donors (Lipinski definition) is 1. The van der Waals surface area contributed by atoms with Gasteiger partial charge in [-0.15, -0.1) is 5.10 Å². The minimum Gasteiger partial charge on any atom is -0.289 e. The molecule has 25 heavy (non-hydrogen) atoms. The number of aromatic nitrogens is 5. The van der Waals surface area contributed by atoms with Gasteiger partial charge in [0.2, 0.25) is 5.95 Å². The first-order valence-corrected chi connectivity index (χ1v) is 8.35. The second-order valence-corrected chi connectivity index (χ2v) is 6.08. The zero-order valence-electron chi connectivity index (χ0n) is 14.3. The molecule has 0 aliphatic rings. The number of nitrogens with zero attached hydrogens (tertiary/aromatic N) is 5. The highest BCUT2D eigenvalue weighted by atomic mass is 35.5. The number of anilines is 1. The third-order valence-electron chi connectivity index (χ3n) is 3.96. The number of rotatable bonds is 5. The third-order valence-corrected chi connectivity index (χ3v) is 4.33. The predicted octanol–water partition coefficient (Wildman–Crippen LogP) is 3.07. The van der Waals surface area contributed by atoms with E-state index in [-0.39, 0.29) is 11.9 Å². The molecule has 0 saturated carbocycles. The summed E-state index contributed by atoms with van der Waals surface area (Å²) < 4.78 is 3.43. The molecule has 0 saturated heterocycles. The van der Waals surface area contributed by atoms with Gasteiger partial charge < -0.3 is 0 Å². The van der Waals surface area contributed by atoms with Crippen molar-refractivity contribution in [3.63, 3.8) is 0 Å². The Bertz CT molecular complexity index is 914. The van der Waals surface area contributed by atoms with E-state index < -0.39 is 0 Å². The van der Waals surface area contributed by atoms with Crippen molar-refractivity contribution in [1.29, 1.82) is 0 Å². The molecule has 0 spiro atoms. The van der Waals surface area contributed by atoms with Gasteiger partial charge in [-0.3, -0.25) is 14.8 Å². The fraction of sp³-hybridized carbons (Fsp3) is 0.294. The van der Waals surface area contributed by atoms with Crippen molar-refractivity contribution >= 4 is 23.5 Å².